The third-order valence-electron chi connectivity index (χ3n) is 3.24. The van der Waals surface area contributed by atoms with Gasteiger partial charge in [0.1, 0.15) is 11.5 Å². The quantitative estimate of drug-likeness (QED) is 0.609. The van der Waals surface area contributed by atoms with Gasteiger partial charge in [0.25, 0.3) is 0 Å². The molecule has 2 aromatic rings. The highest BCUT2D eigenvalue weighted by Crippen LogP contribution is 2.28. The number of imidazole rings is 1. The van der Waals surface area contributed by atoms with E-state index in [1.165, 1.54) is 5.69 Å². The molecule has 96 valence electrons. The number of benzene rings is 1. The summed E-state index contributed by atoms with van der Waals surface area (Å²) in [6.45, 7) is 4.13. The smallest absolute Gasteiger partial charge is 0.243 e. The van der Waals surface area contributed by atoms with E-state index in [0.717, 1.165) is 22.9 Å². The Kier molecular flexibility index (Phi) is 3.28. The normalized spacial score (nSPS) is 10.5. The minimum absolute atomic E-state index is 0.768. The van der Waals surface area contributed by atoms with Gasteiger partial charge in [-0.2, -0.15) is 0 Å². The molecule has 0 amide bonds. The van der Waals surface area contributed by atoms with Crippen molar-refractivity contribution in [1.29, 1.82) is 0 Å². The summed E-state index contributed by atoms with van der Waals surface area (Å²) in [4.78, 5) is 0. The zero-order chi connectivity index (χ0) is 13.3. The number of hydrogen-bond acceptors (Lipinski definition) is 2. The second-order valence-corrected chi connectivity index (χ2v) is 4.20. The molecule has 1 aromatic heterocycles. The SMILES string of the molecule is COc1ccc(-n2[c-][n+](C)c(C)c2C)c(OC)c1. The Hall–Kier alpha value is -1.97. The van der Waals surface area contributed by atoms with E-state index >= 15 is 0 Å². The van der Waals surface area contributed by atoms with Crippen molar-refractivity contribution >= 4 is 0 Å². The van der Waals surface area contributed by atoms with Gasteiger partial charge in [0, 0.05) is 17.5 Å². The minimum Gasteiger partial charge on any atom is -0.502 e. The topological polar surface area (TPSA) is 27.3 Å². The van der Waals surface area contributed by atoms with Crippen LogP contribution in [0, 0.1) is 20.2 Å². The Bertz CT molecular complexity index is 573. The number of aryl methyl sites for hydroxylation is 1. The first kappa shape index (κ1) is 12.5. The van der Waals surface area contributed by atoms with Crippen LogP contribution in [0.25, 0.3) is 5.69 Å². The average Bonchev–Trinajstić information content (AvgIpc) is 2.65. The maximum Gasteiger partial charge on any atom is 0.243 e. The first-order valence-corrected chi connectivity index (χ1v) is 5.78. The van der Waals surface area contributed by atoms with Gasteiger partial charge in [0.2, 0.25) is 6.33 Å². The van der Waals surface area contributed by atoms with E-state index < -0.39 is 0 Å². The number of nitrogens with zero attached hydrogens (tertiary/aromatic N) is 2. The van der Waals surface area contributed by atoms with Crippen molar-refractivity contribution in [2.24, 2.45) is 7.05 Å². The van der Waals surface area contributed by atoms with Gasteiger partial charge in [0.05, 0.1) is 27.0 Å². The van der Waals surface area contributed by atoms with Crippen molar-refractivity contribution < 1.29 is 14.0 Å². The van der Waals surface area contributed by atoms with E-state index in [-0.39, 0.29) is 0 Å². The van der Waals surface area contributed by atoms with Gasteiger partial charge in [0.15, 0.2) is 0 Å². The van der Waals surface area contributed by atoms with Gasteiger partial charge in [-0.3, -0.25) is 0 Å². The van der Waals surface area contributed by atoms with Crippen molar-refractivity contribution in [3.05, 3.63) is 35.9 Å². The van der Waals surface area contributed by atoms with Gasteiger partial charge in [-0.05, 0) is 19.9 Å². The fourth-order valence-electron chi connectivity index (χ4n) is 1.91. The zero-order valence-corrected chi connectivity index (χ0v) is 11.4. The lowest BCUT2D eigenvalue weighted by atomic mass is 10.2. The molecule has 0 radical (unpaired) electrons. The van der Waals surface area contributed by atoms with E-state index in [4.69, 9.17) is 9.47 Å². The Morgan fingerprint density at radius 1 is 1.17 bits per heavy atom. The van der Waals surface area contributed by atoms with Crippen molar-refractivity contribution in [3.63, 3.8) is 0 Å². The van der Waals surface area contributed by atoms with Crippen LogP contribution < -0.4 is 14.0 Å². The van der Waals surface area contributed by atoms with Crippen LogP contribution in [-0.4, -0.2) is 18.8 Å². The van der Waals surface area contributed by atoms with Gasteiger partial charge in [-0.15, -0.1) is 0 Å². The molecule has 0 N–H and O–H groups in total. The maximum absolute atomic E-state index is 5.42. The molecule has 18 heavy (non-hydrogen) atoms. The van der Waals surface area contributed by atoms with E-state index in [2.05, 4.69) is 20.2 Å². The van der Waals surface area contributed by atoms with Crippen LogP contribution in [0.4, 0.5) is 0 Å². The summed E-state index contributed by atoms with van der Waals surface area (Å²) in [5.74, 6) is 1.55. The molecule has 0 aliphatic carbocycles. The summed E-state index contributed by atoms with van der Waals surface area (Å²) in [7, 11) is 5.28. The average molecular weight is 246 g/mol. The molecule has 0 bridgehead atoms. The van der Waals surface area contributed by atoms with Crippen molar-refractivity contribution in [2.45, 2.75) is 13.8 Å². The highest BCUT2D eigenvalue weighted by atomic mass is 16.5. The molecule has 0 saturated carbocycles. The summed E-state index contributed by atoms with van der Waals surface area (Å²) >= 11 is 0. The molecule has 1 aromatic carbocycles. The van der Waals surface area contributed by atoms with Gasteiger partial charge < -0.3 is 18.6 Å². The largest absolute Gasteiger partial charge is 0.502 e. The van der Waals surface area contributed by atoms with Crippen molar-refractivity contribution in [3.8, 4) is 17.2 Å². The molecule has 1 heterocycles. The van der Waals surface area contributed by atoms with Gasteiger partial charge >= 0.3 is 0 Å². The molecule has 4 nitrogen and oxygen atoms in total. The Balaban J connectivity index is 2.59. The predicted molar refractivity (Wildman–Crippen MR) is 68.4 cm³/mol. The summed E-state index contributed by atoms with van der Waals surface area (Å²) in [6.07, 6.45) is 3.25. The molecule has 4 heteroatoms. The Labute approximate surface area is 107 Å². The molecule has 0 aliphatic heterocycles. The third kappa shape index (κ3) is 1.94. The number of methoxy groups -OCH3 is 2. The van der Waals surface area contributed by atoms with Gasteiger partial charge in [-0.1, -0.05) is 6.07 Å². The number of rotatable bonds is 3. The number of ether oxygens (including phenoxy) is 2. The van der Waals surface area contributed by atoms with Crippen LogP contribution in [-0.2, 0) is 7.05 Å². The summed E-state index contributed by atoms with van der Waals surface area (Å²) in [6, 6.07) is 5.76. The molecule has 2 rings (SSSR count). The standard InChI is InChI=1S/C14H18N2O2/c1-10-11(2)16(9-15(10)3)13-7-6-12(17-4)8-14(13)18-5/h6-8H,1-5H3. The van der Waals surface area contributed by atoms with Crippen LogP contribution in [0.5, 0.6) is 11.5 Å². The van der Waals surface area contributed by atoms with E-state index in [1.54, 1.807) is 14.2 Å². The summed E-state index contributed by atoms with van der Waals surface area (Å²) < 4.78 is 14.6. The van der Waals surface area contributed by atoms with E-state index in [9.17, 15) is 0 Å². The lowest BCUT2D eigenvalue weighted by Crippen LogP contribution is -2.29. The fraction of sp³-hybridized carbons (Fsp3) is 0.357. The van der Waals surface area contributed by atoms with Crippen LogP contribution in [0.3, 0.4) is 0 Å². The molecule has 0 spiro atoms. The number of aromatic nitrogens is 2. The second kappa shape index (κ2) is 4.72. The third-order valence-corrected chi connectivity index (χ3v) is 3.24. The first-order valence-electron chi connectivity index (χ1n) is 5.78. The lowest BCUT2D eigenvalue weighted by Gasteiger charge is -2.13. The van der Waals surface area contributed by atoms with Crippen LogP contribution in [0.1, 0.15) is 11.4 Å². The molecule has 0 unspecified atom stereocenters. The predicted octanol–water partition coefficient (Wildman–Crippen LogP) is 1.74. The maximum atomic E-state index is 5.42. The van der Waals surface area contributed by atoms with E-state index in [1.807, 2.05) is 34.4 Å². The lowest BCUT2D eigenvalue weighted by molar-refractivity contribution is -0.681. The Morgan fingerprint density at radius 3 is 2.39 bits per heavy atom. The highest BCUT2D eigenvalue weighted by molar-refractivity contribution is 5.51. The number of hydrogen-bond donors (Lipinski definition) is 0. The minimum atomic E-state index is 0.768. The fourth-order valence-corrected chi connectivity index (χ4v) is 1.91. The monoisotopic (exact) mass is 246 g/mol. The zero-order valence-electron chi connectivity index (χ0n) is 11.4. The molecule has 0 aliphatic rings. The van der Waals surface area contributed by atoms with Crippen molar-refractivity contribution in [2.75, 3.05) is 14.2 Å². The van der Waals surface area contributed by atoms with Crippen molar-refractivity contribution in [1.82, 2.24) is 4.57 Å². The molecular formula is C14H18N2O2. The molecule has 0 saturated heterocycles. The van der Waals surface area contributed by atoms with Crippen LogP contribution in [0.15, 0.2) is 18.2 Å². The van der Waals surface area contributed by atoms with E-state index in [0.29, 0.717) is 0 Å². The highest BCUT2D eigenvalue weighted by Gasteiger charge is 2.11. The van der Waals surface area contributed by atoms with Gasteiger partial charge in [-0.25, -0.2) is 0 Å². The Morgan fingerprint density at radius 2 is 1.89 bits per heavy atom. The second-order valence-electron chi connectivity index (χ2n) is 4.20. The molecule has 0 fully saturated rings. The summed E-state index contributed by atoms with van der Waals surface area (Å²) in [5, 5.41) is 0. The van der Waals surface area contributed by atoms with Crippen LogP contribution >= 0.6 is 0 Å². The summed E-state index contributed by atoms with van der Waals surface area (Å²) in [5.41, 5.74) is 3.27. The molecule has 0 atom stereocenters. The molecular weight excluding hydrogens is 228 g/mol. The first-order chi connectivity index (χ1) is 8.58. The van der Waals surface area contributed by atoms with Crippen LogP contribution in [0.2, 0.25) is 0 Å².